The summed E-state index contributed by atoms with van der Waals surface area (Å²) in [6.45, 7) is 1.80. The van der Waals surface area contributed by atoms with E-state index < -0.39 is 11.9 Å². The average Bonchev–Trinajstić information content (AvgIpc) is 2.91. The molecule has 6 nitrogen and oxygen atoms in total. The fourth-order valence-corrected chi connectivity index (χ4v) is 2.83. The van der Waals surface area contributed by atoms with Crippen LogP contribution in [0.1, 0.15) is 24.8 Å². The summed E-state index contributed by atoms with van der Waals surface area (Å²) in [7, 11) is 0. The molecule has 0 saturated carbocycles. The van der Waals surface area contributed by atoms with E-state index in [9.17, 15) is 19.2 Å². The van der Waals surface area contributed by atoms with E-state index in [0.29, 0.717) is 5.69 Å². The number of carbonyl (C=O) groups excluding carboxylic acids is 4. The van der Waals surface area contributed by atoms with E-state index >= 15 is 0 Å². The van der Waals surface area contributed by atoms with Crippen LogP contribution in [0.2, 0.25) is 0 Å². The Balaban J connectivity index is 1.95. The minimum atomic E-state index is -0.986. The number of carbonyl (C=O) groups is 4. The Kier molecular flexibility index (Phi) is 3.08. The summed E-state index contributed by atoms with van der Waals surface area (Å²) < 4.78 is 0. The van der Waals surface area contributed by atoms with Crippen molar-refractivity contribution >= 4 is 29.3 Å². The maximum atomic E-state index is 12.5. The highest BCUT2D eigenvalue weighted by atomic mass is 16.2. The van der Waals surface area contributed by atoms with Crippen LogP contribution in [0.15, 0.2) is 24.3 Å². The minimum Gasteiger partial charge on any atom is -0.274 e. The van der Waals surface area contributed by atoms with Gasteiger partial charge in [0.15, 0.2) is 0 Å². The van der Waals surface area contributed by atoms with Crippen LogP contribution in [0.5, 0.6) is 0 Å². The highest BCUT2D eigenvalue weighted by molar-refractivity contribution is 6.24. The Morgan fingerprint density at radius 1 is 0.952 bits per heavy atom. The molecule has 2 aliphatic rings. The zero-order chi connectivity index (χ0) is 15.1. The highest BCUT2D eigenvalue weighted by Gasteiger charge is 2.48. The van der Waals surface area contributed by atoms with Crippen LogP contribution in [-0.2, 0) is 19.2 Å². The molecular formula is C15H14N2O4. The fourth-order valence-electron chi connectivity index (χ4n) is 2.83. The first-order valence-corrected chi connectivity index (χ1v) is 6.78. The smallest absolute Gasteiger partial charge is 0.257 e. The number of imide groups is 2. The van der Waals surface area contributed by atoms with E-state index in [0.717, 1.165) is 15.4 Å². The summed E-state index contributed by atoms with van der Waals surface area (Å²) in [5, 5.41) is 0. The number of anilines is 1. The summed E-state index contributed by atoms with van der Waals surface area (Å²) >= 11 is 0. The molecule has 1 unspecified atom stereocenters. The lowest BCUT2D eigenvalue weighted by atomic mass is 10.2. The van der Waals surface area contributed by atoms with E-state index in [1.807, 2.05) is 6.07 Å². The molecule has 108 valence electrons. The topological polar surface area (TPSA) is 74.8 Å². The van der Waals surface area contributed by atoms with E-state index in [1.54, 1.807) is 25.1 Å². The van der Waals surface area contributed by atoms with Crippen LogP contribution in [0.4, 0.5) is 5.69 Å². The second kappa shape index (κ2) is 4.80. The lowest BCUT2D eigenvalue weighted by Gasteiger charge is -2.21. The van der Waals surface area contributed by atoms with Crippen LogP contribution in [0.3, 0.4) is 0 Å². The highest BCUT2D eigenvalue weighted by Crippen LogP contribution is 2.30. The molecule has 6 heteroatoms. The molecule has 4 amide bonds. The number of para-hydroxylation sites is 1. The number of amides is 4. The van der Waals surface area contributed by atoms with Crippen LogP contribution in [0, 0.1) is 6.92 Å². The van der Waals surface area contributed by atoms with E-state index in [4.69, 9.17) is 0 Å². The SMILES string of the molecule is Cc1ccccc1N1C(=O)CC(N2C(=O)CCC2=O)C1=O. The Morgan fingerprint density at radius 3 is 2.19 bits per heavy atom. The molecule has 0 N–H and O–H groups in total. The van der Waals surface area contributed by atoms with Crippen molar-refractivity contribution in [2.24, 2.45) is 0 Å². The van der Waals surface area contributed by atoms with Gasteiger partial charge in [0.25, 0.3) is 5.91 Å². The molecule has 0 spiro atoms. The molecule has 1 aromatic carbocycles. The molecule has 3 rings (SSSR count). The largest absolute Gasteiger partial charge is 0.274 e. The Morgan fingerprint density at radius 2 is 1.57 bits per heavy atom. The molecule has 0 aliphatic carbocycles. The maximum absolute atomic E-state index is 12.5. The predicted octanol–water partition coefficient (Wildman–Crippen LogP) is 0.776. The molecule has 0 radical (unpaired) electrons. The normalized spacial score (nSPS) is 22.6. The number of hydrogen-bond donors (Lipinski definition) is 0. The molecule has 1 aromatic rings. The zero-order valence-electron chi connectivity index (χ0n) is 11.5. The summed E-state index contributed by atoms with van der Waals surface area (Å²) in [6, 6.07) is 6.05. The third-order valence-electron chi connectivity index (χ3n) is 3.88. The van der Waals surface area contributed by atoms with Gasteiger partial charge in [0, 0.05) is 12.8 Å². The molecular weight excluding hydrogens is 272 g/mol. The van der Waals surface area contributed by atoms with Crippen molar-refractivity contribution in [3.63, 3.8) is 0 Å². The zero-order valence-corrected chi connectivity index (χ0v) is 11.5. The molecule has 2 fully saturated rings. The Labute approximate surface area is 121 Å². The van der Waals surface area contributed by atoms with Gasteiger partial charge in [-0.15, -0.1) is 0 Å². The number of rotatable bonds is 2. The van der Waals surface area contributed by atoms with E-state index in [1.165, 1.54) is 0 Å². The summed E-state index contributed by atoms with van der Waals surface area (Å²) in [5.41, 5.74) is 1.30. The van der Waals surface area contributed by atoms with Crippen LogP contribution >= 0.6 is 0 Å². The van der Waals surface area contributed by atoms with Gasteiger partial charge in [0.2, 0.25) is 17.7 Å². The van der Waals surface area contributed by atoms with E-state index in [-0.39, 0.29) is 37.0 Å². The van der Waals surface area contributed by atoms with Crippen molar-refractivity contribution in [1.82, 2.24) is 4.90 Å². The Bertz CT molecular complexity index is 651. The second-order valence-corrected chi connectivity index (χ2v) is 5.23. The fraction of sp³-hybridized carbons (Fsp3) is 0.333. The Hall–Kier alpha value is -2.50. The summed E-state index contributed by atoms with van der Waals surface area (Å²) in [6.07, 6.45) is 0.0903. The first-order chi connectivity index (χ1) is 10.0. The third-order valence-corrected chi connectivity index (χ3v) is 3.88. The molecule has 2 heterocycles. The van der Waals surface area contributed by atoms with Gasteiger partial charge in [0.1, 0.15) is 6.04 Å². The molecule has 2 aliphatic heterocycles. The average molecular weight is 286 g/mol. The predicted molar refractivity (Wildman–Crippen MR) is 73.2 cm³/mol. The molecule has 21 heavy (non-hydrogen) atoms. The van der Waals surface area contributed by atoms with Gasteiger partial charge < -0.3 is 0 Å². The number of benzene rings is 1. The minimum absolute atomic E-state index is 0.112. The van der Waals surface area contributed by atoms with Crippen molar-refractivity contribution in [1.29, 1.82) is 0 Å². The second-order valence-electron chi connectivity index (χ2n) is 5.23. The molecule has 2 saturated heterocycles. The molecule has 1 atom stereocenters. The third kappa shape index (κ3) is 2.03. The number of aryl methyl sites for hydroxylation is 1. The van der Waals surface area contributed by atoms with Crippen molar-refractivity contribution in [3.05, 3.63) is 29.8 Å². The number of likely N-dealkylation sites (tertiary alicyclic amines) is 1. The standard InChI is InChI=1S/C15H14N2O4/c1-9-4-2-3-5-10(9)17-14(20)8-11(15(17)21)16-12(18)6-7-13(16)19/h2-5,11H,6-8H2,1H3. The quantitative estimate of drug-likeness (QED) is 0.753. The number of hydrogen-bond acceptors (Lipinski definition) is 4. The summed E-state index contributed by atoms with van der Waals surface area (Å²) in [4.78, 5) is 50.2. The maximum Gasteiger partial charge on any atom is 0.257 e. The lowest BCUT2D eigenvalue weighted by molar-refractivity contribution is -0.144. The lowest BCUT2D eigenvalue weighted by Crippen LogP contribution is -2.45. The summed E-state index contributed by atoms with van der Waals surface area (Å²) in [5.74, 6) is -1.64. The van der Waals surface area contributed by atoms with Crippen molar-refractivity contribution in [2.75, 3.05) is 4.90 Å². The first kappa shape index (κ1) is 13.5. The van der Waals surface area contributed by atoms with Crippen LogP contribution < -0.4 is 4.90 Å². The first-order valence-electron chi connectivity index (χ1n) is 6.78. The van der Waals surface area contributed by atoms with Crippen LogP contribution in [0.25, 0.3) is 0 Å². The van der Waals surface area contributed by atoms with Gasteiger partial charge in [-0.3, -0.25) is 24.1 Å². The van der Waals surface area contributed by atoms with Gasteiger partial charge in [-0.2, -0.15) is 0 Å². The number of nitrogens with zero attached hydrogens (tertiary/aromatic N) is 2. The molecule has 0 aromatic heterocycles. The van der Waals surface area contributed by atoms with Gasteiger partial charge in [-0.05, 0) is 18.6 Å². The van der Waals surface area contributed by atoms with Gasteiger partial charge in [-0.1, -0.05) is 18.2 Å². The van der Waals surface area contributed by atoms with Gasteiger partial charge >= 0.3 is 0 Å². The van der Waals surface area contributed by atoms with Gasteiger partial charge in [-0.25, -0.2) is 4.90 Å². The van der Waals surface area contributed by atoms with Crippen molar-refractivity contribution < 1.29 is 19.2 Å². The van der Waals surface area contributed by atoms with Gasteiger partial charge in [0.05, 0.1) is 12.1 Å². The van der Waals surface area contributed by atoms with Crippen molar-refractivity contribution in [2.45, 2.75) is 32.2 Å². The molecule has 0 bridgehead atoms. The van der Waals surface area contributed by atoms with E-state index in [2.05, 4.69) is 0 Å². The van der Waals surface area contributed by atoms with Crippen LogP contribution in [-0.4, -0.2) is 34.6 Å². The van der Waals surface area contributed by atoms with Crippen molar-refractivity contribution in [3.8, 4) is 0 Å². The monoisotopic (exact) mass is 286 g/mol.